The maximum Gasteiger partial charge on any atom is 0.409 e. The quantitative estimate of drug-likeness (QED) is 0.321. The Bertz CT molecular complexity index is 1840. The number of aromatic amines is 1. The lowest BCUT2D eigenvalue weighted by Crippen LogP contribution is -2.54. The van der Waals surface area contributed by atoms with Gasteiger partial charge in [0.1, 0.15) is 5.65 Å². The zero-order valence-electron chi connectivity index (χ0n) is 24.1. The number of carbonyl (C=O) groups excluding carboxylic acids is 2. The molecule has 0 saturated carbocycles. The molecule has 1 fully saturated rings. The number of hydrogen-bond donors (Lipinski definition) is 2. The molecule has 0 atom stereocenters. The number of carbonyl (C=O) groups is 2. The van der Waals surface area contributed by atoms with Crippen molar-refractivity contribution in [3.05, 3.63) is 48.5 Å². The normalized spacial score (nSPS) is 16.0. The SMILES string of the molecule is COC(=O)N1CCC(N2C(=O)NCc3cnc4[nH]c(-c5cnn(C)c5)c(-c5ccc6c(cnn6C(C)C)c5)c4c32)CC1. The maximum atomic E-state index is 13.6. The molecule has 0 spiro atoms. The van der Waals surface area contributed by atoms with Gasteiger partial charge in [0.2, 0.25) is 0 Å². The number of nitrogens with zero attached hydrogens (tertiary/aromatic N) is 7. The monoisotopic (exact) mass is 567 g/mol. The molecule has 0 radical (unpaired) electrons. The molecule has 7 rings (SSSR count). The molecule has 0 unspecified atom stereocenters. The number of hydrogen-bond acceptors (Lipinski definition) is 6. The zero-order chi connectivity index (χ0) is 29.1. The molecule has 2 aliphatic rings. The minimum absolute atomic E-state index is 0.0908. The number of benzene rings is 1. The molecular formula is C30H33N9O3. The van der Waals surface area contributed by atoms with Crippen LogP contribution in [0.2, 0.25) is 0 Å². The topological polar surface area (TPSA) is 126 Å². The molecule has 0 bridgehead atoms. The molecule has 3 amide bonds. The van der Waals surface area contributed by atoms with E-state index in [9.17, 15) is 9.59 Å². The summed E-state index contributed by atoms with van der Waals surface area (Å²) >= 11 is 0. The third-order valence-electron chi connectivity index (χ3n) is 8.39. The fourth-order valence-electron chi connectivity index (χ4n) is 6.40. The Hall–Kier alpha value is -4.87. The van der Waals surface area contributed by atoms with Crippen molar-refractivity contribution in [2.24, 2.45) is 7.05 Å². The van der Waals surface area contributed by atoms with Crippen LogP contribution in [0.1, 0.15) is 38.3 Å². The Morgan fingerprint density at radius 3 is 2.62 bits per heavy atom. The van der Waals surface area contributed by atoms with Crippen LogP contribution in [0.25, 0.3) is 44.3 Å². The van der Waals surface area contributed by atoms with Crippen molar-refractivity contribution in [2.75, 3.05) is 25.1 Å². The number of fused-ring (bicyclic) bond motifs is 4. The summed E-state index contributed by atoms with van der Waals surface area (Å²) in [6, 6.07) is 6.39. The third-order valence-corrected chi connectivity index (χ3v) is 8.39. The van der Waals surface area contributed by atoms with Crippen molar-refractivity contribution in [3.8, 4) is 22.4 Å². The molecule has 12 heteroatoms. The van der Waals surface area contributed by atoms with Gasteiger partial charge in [0.25, 0.3) is 0 Å². The van der Waals surface area contributed by atoms with Gasteiger partial charge in [-0.1, -0.05) is 6.07 Å². The first-order valence-corrected chi connectivity index (χ1v) is 14.2. The van der Waals surface area contributed by atoms with Gasteiger partial charge in [0.05, 0.1) is 41.8 Å². The van der Waals surface area contributed by atoms with E-state index >= 15 is 0 Å². The van der Waals surface area contributed by atoms with Crippen LogP contribution in [0.15, 0.2) is 43.0 Å². The van der Waals surface area contributed by atoms with Crippen molar-refractivity contribution >= 4 is 39.7 Å². The van der Waals surface area contributed by atoms with Crippen molar-refractivity contribution < 1.29 is 14.3 Å². The highest BCUT2D eigenvalue weighted by Crippen LogP contribution is 2.45. The Kier molecular flexibility index (Phi) is 6.14. The van der Waals surface area contributed by atoms with Gasteiger partial charge >= 0.3 is 12.1 Å². The predicted octanol–water partition coefficient (Wildman–Crippen LogP) is 4.82. The second-order valence-electron chi connectivity index (χ2n) is 11.3. The number of methoxy groups -OCH3 is 1. The highest BCUT2D eigenvalue weighted by atomic mass is 16.5. The van der Waals surface area contributed by atoms with Crippen LogP contribution in [0.5, 0.6) is 0 Å². The first kappa shape index (κ1) is 26.1. The first-order chi connectivity index (χ1) is 20.3. The number of nitrogens with one attached hydrogen (secondary N) is 2. The summed E-state index contributed by atoms with van der Waals surface area (Å²) in [4.78, 5) is 37.7. The van der Waals surface area contributed by atoms with Gasteiger partial charge in [-0.05, 0) is 44.4 Å². The molecule has 6 heterocycles. The van der Waals surface area contributed by atoms with Crippen LogP contribution in [0.3, 0.4) is 0 Å². The van der Waals surface area contributed by atoms with Gasteiger partial charge in [0.15, 0.2) is 0 Å². The van der Waals surface area contributed by atoms with E-state index < -0.39 is 0 Å². The van der Waals surface area contributed by atoms with Crippen LogP contribution < -0.4 is 10.2 Å². The van der Waals surface area contributed by atoms with E-state index in [-0.39, 0.29) is 24.2 Å². The van der Waals surface area contributed by atoms with E-state index in [1.807, 2.05) is 41.4 Å². The van der Waals surface area contributed by atoms with Crippen LogP contribution in [-0.4, -0.2) is 72.8 Å². The van der Waals surface area contributed by atoms with Crippen molar-refractivity contribution in [3.63, 3.8) is 0 Å². The van der Waals surface area contributed by atoms with E-state index in [2.05, 4.69) is 52.5 Å². The largest absolute Gasteiger partial charge is 0.453 e. The first-order valence-electron chi connectivity index (χ1n) is 14.2. The summed E-state index contributed by atoms with van der Waals surface area (Å²) in [5.74, 6) is 0. The van der Waals surface area contributed by atoms with E-state index in [0.29, 0.717) is 38.1 Å². The summed E-state index contributed by atoms with van der Waals surface area (Å²) < 4.78 is 8.73. The van der Waals surface area contributed by atoms with Gasteiger partial charge in [-0.2, -0.15) is 10.2 Å². The predicted molar refractivity (Wildman–Crippen MR) is 159 cm³/mol. The van der Waals surface area contributed by atoms with Crippen LogP contribution in [-0.2, 0) is 18.3 Å². The molecule has 42 heavy (non-hydrogen) atoms. The number of amides is 3. The molecule has 216 valence electrons. The Balaban J connectivity index is 1.43. The van der Waals surface area contributed by atoms with E-state index in [0.717, 1.165) is 49.9 Å². The number of anilines is 1. The van der Waals surface area contributed by atoms with Crippen molar-refractivity contribution in [1.82, 2.24) is 39.7 Å². The molecule has 12 nitrogen and oxygen atoms in total. The Morgan fingerprint density at radius 2 is 1.90 bits per heavy atom. The Morgan fingerprint density at radius 1 is 1.10 bits per heavy atom. The van der Waals surface area contributed by atoms with Crippen LogP contribution in [0.4, 0.5) is 15.3 Å². The molecule has 0 aliphatic carbocycles. The zero-order valence-corrected chi connectivity index (χ0v) is 24.1. The second kappa shape index (κ2) is 9.89. The maximum absolute atomic E-state index is 13.6. The minimum atomic E-state index is -0.339. The number of ether oxygens (including phenoxy) is 1. The highest BCUT2D eigenvalue weighted by molar-refractivity contribution is 6.14. The summed E-state index contributed by atoms with van der Waals surface area (Å²) in [5, 5.41) is 14.0. The molecule has 1 aromatic carbocycles. The average Bonchev–Trinajstić information content (AvgIpc) is 3.72. The van der Waals surface area contributed by atoms with Crippen molar-refractivity contribution in [2.45, 2.75) is 45.3 Å². The lowest BCUT2D eigenvalue weighted by molar-refractivity contribution is 0.112. The summed E-state index contributed by atoms with van der Waals surface area (Å²) in [6.45, 7) is 5.66. The molecule has 4 aromatic heterocycles. The van der Waals surface area contributed by atoms with Gasteiger partial charge < -0.3 is 19.9 Å². The van der Waals surface area contributed by atoms with Crippen molar-refractivity contribution in [1.29, 1.82) is 0 Å². The minimum Gasteiger partial charge on any atom is -0.453 e. The second-order valence-corrected chi connectivity index (χ2v) is 11.3. The number of aromatic nitrogens is 6. The number of rotatable bonds is 4. The standard InChI is InChI=1S/C30H33N9O3/c1-17(2)39-23-6-5-18(11-19(23)14-34-39)24-25-27-20(12-31-28(25)35-26(24)21-15-33-36(3)16-21)13-32-29(40)38(27)22-7-9-37(10-8-22)30(41)42-4/h5-6,11-12,14-17,22H,7-10,13H2,1-4H3,(H,31,35)(H,32,40). The Labute approximate surface area is 242 Å². The number of urea groups is 1. The molecule has 2 aliphatic heterocycles. The lowest BCUT2D eigenvalue weighted by Gasteiger charge is -2.40. The fraction of sp³-hybridized carbons (Fsp3) is 0.367. The average molecular weight is 568 g/mol. The number of likely N-dealkylation sites (tertiary alicyclic amines) is 1. The summed E-state index contributed by atoms with van der Waals surface area (Å²) in [7, 11) is 3.29. The summed E-state index contributed by atoms with van der Waals surface area (Å²) in [6.07, 6.45) is 8.50. The number of aryl methyl sites for hydroxylation is 1. The van der Waals surface area contributed by atoms with Gasteiger partial charge in [-0.25, -0.2) is 14.6 Å². The van der Waals surface area contributed by atoms with E-state index in [4.69, 9.17) is 9.72 Å². The van der Waals surface area contributed by atoms with Crippen LogP contribution in [0, 0.1) is 0 Å². The van der Waals surface area contributed by atoms with Gasteiger partial charge in [-0.3, -0.25) is 14.3 Å². The molecular weight excluding hydrogens is 534 g/mol. The number of H-pyrrole nitrogens is 1. The number of pyridine rings is 1. The summed E-state index contributed by atoms with van der Waals surface area (Å²) in [5.41, 5.74) is 7.35. The van der Waals surface area contributed by atoms with E-state index in [1.165, 1.54) is 7.11 Å². The number of piperidine rings is 1. The smallest absolute Gasteiger partial charge is 0.409 e. The third kappa shape index (κ3) is 4.08. The van der Waals surface area contributed by atoms with Gasteiger partial charge in [-0.15, -0.1) is 0 Å². The van der Waals surface area contributed by atoms with Crippen LogP contribution >= 0.6 is 0 Å². The molecule has 5 aromatic rings. The molecule has 1 saturated heterocycles. The highest BCUT2D eigenvalue weighted by Gasteiger charge is 2.37. The van der Waals surface area contributed by atoms with E-state index in [1.54, 1.807) is 9.58 Å². The lowest BCUT2D eigenvalue weighted by atomic mass is 9.94. The molecule has 2 N–H and O–H groups in total. The van der Waals surface area contributed by atoms with Gasteiger partial charge in [0, 0.05) is 73.2 Å². The fourth-order valence-corrected chi connectivity index (χ4v) is 6.40.